The van der Waals surface area contributed by atoms with Gasteiger partial charge < -0.3 is 9.97 Å². The molecule has 6 nitrogen and oxygen atoms in total. The molecular formula is C48H32N6. The molecule has 0 spiro atoms. The molecule has 2 N–H and O–H groups in total. The van der Waals surface area contributed by atoms with Crippen molar-refractivity contribution < 1.29 is 0 Å². The molecule has 8 bridgehead atoms. The van der Waals surface area contributed by atoms with Crippen molar-refractivity contribution in [2.75, 3.05) is 0 Å². The number of aryl methyl sites for hydroxylation is 2. The van der Waals surface area contributed by atoms with Crippen LogP contribution in [-0.2, 0) is 0 Å². The summed E-state index contributed by atoms with van der Waals surface area (Å²) in [5.74, 6) is 0. The predicted molar refractivity (Wildman–Crippen MR) is 220 cm³/mol. The number of aromatic nitrogens is 4. The Morgan fingerprint density at radius 3 is 0.889 bits per heavy atom. The zero-order valence-corrected chi connectivity index (χ0v) is 29.6. The number of benzene rings is 4. The van der Waals surface area contributed by atoms with Crippen molar-refractivity contribution in [3.05, 3.63) is 166 Å². The minimum atomic E-state index is 0.588. The number of nitrogens with one attached hydrogen (secondary N) is 2. The van der Waals surface area contributed by atoms with Crippen molar-refractivity contribution in [3.63, 3.8) is 0 Å². The first-order valence-corrected chi connectivity index (χ1v) is 17.8. The van der Waals surface area contributed by atoms with Gasteiger partial charge in [0.05, 0.1) is 46.0 Å². The number of aromatic amines is 2. The molecule has 0 radical (unpaired) electrons. The average molecular weight is 693 g/mol. The van der Waals surface area contributed by atoms with E-state index in [4.69, 9.17) is 9.97 Å². The maximum absolute atomic E-state index is 9.58. The fourth-order valence-corrected chi connectivity index (χ4v) is 7.28. The van der Waals surface area contributed by atoms with E-state index in [-0.39, 0.29) is 0 Å². The lowest BCUT2D eigenvalue weighted by molar-refractivity contribution is 1.31. The van der Waals surface area contributed by atoms with Gasteiger partial charge in [-0.3, -0.25) is 0 Å². The van der Waals surface area contributed by atoms with Gasteiger partial charge in [-0.05, 0) is 109 Å². The molecule has 5 heterocycles. The topological polar surface area (TPSA) is 105 Å². The smallest absolute Gasteiger partial charge is 0.0991 e. The van der Waals surface area contributed by atoms with E-state index in [1.165, 1.54) is 11.1 Å². The van der Waals surface area contributed by atoms with Crippen LogP contribution in [0, 0.1) is 36.5 Å². The second-order valence-corrected chi connectivity index (χ2v) is 13.6. The van der Waals surface area contributed by atoms with E-state index in [9.17, 15) is 10.5 Å². The molecule has 54 heavy (non-hydrogen) atoms. The SMILES string of the molecule is Cc1ccc(-c2c3nc(c(-c4ccc(C)cc4)c4ccc([nH]4)c(-c4ccc(C#N)cc4)c4nc(c(-c5ccc(C#N)cc5)c5ccc2[nH]5)C=C4)C=C3)cc1. The first-order chi connectivity index (χ1) is 26.4. The van der Waals surface area contributed by atoms with Crippen LogP contribution >= 0.6 is 0 Å². The Labute approximate surface area is 312 Å². The lowest BCUT2D eigenvalue weighted by Gasteiger charge is -2.07. The Kier molecular flexibility index (Phi) is 7.92. The quantitative estimate of drug-likeness (QED) is 0.191. The fourth-order valence-electron chi connectivity index (χ4n) is 7.28. The van der Waals surface area contributed by atoms with Crippen LogP contribution in [0.1, 0.15) is 45.0 Å². The Morgan fingerprint density at radius 2 is 0.630 bits per heavy atom. The lowest BCUT2D eigenvalue weighted by atomic mass is 10.0. The van der Waals surface area contributed by atoms with Gasteiger partial charge in [-0.2, -0.15) is 10.5 Å². The predicted octanol–water partition coefficient (Wildman–Crippen LogP) is 11.7. The van der Waals surface area contributed by atoms with Gasteiger partial charge in [0.25, 0.3) is 0 Å². The van der Waals surface area contributed by atoms with Gasteiger partial charge in [0, 0.05) is 44.3 Å². The minimum absolute atomic E-state index is 0.588. The normalized spacial score (nSPS) is 11.7. The van der Waals surface area contributed by atoms with Crippen LogP contribution in [0.3, 0.4) is 0 Å². The number of H-pyrrole nitrogens is 2. The van der Waals surface area contributed by atoms with Gasteiger partial charge in [0.1, 0.15) is 0 Å². The van der Waals surface area contributed by atoms with Crippen LogP contribution in [-0.4, -0.2) is 19.9 Å². The average Bonchev–Trinajstić information content (AvgIpc) is 4.05. The van der Waals surface area contributed by atoms with E-state index in [0.717, 1.165) is 89.4 Å². The zero-order chi connectivity index (χ0) is 36.8. The third-order valence-corrected chi connectivity index (χ3v) is 10.0. The molecule has 7 aromatic rings. The summed E-state index contributed by atoms with van der Waals surface area (Å²) >= 11 is 0. The van der Waals surface area contributed by atoms with Gasteiger partial charge >= 0.3 is 0 Å². The number of hydrogen-bond donors (Lipinski definition) is 2. The lowest BCUT2D eigenvalue weighted by Crippen LogP contribution is -1.90. The summed E-state index contributed by atoms with van der Waals surface area (Å²) in [4.78, 5) is 18.2. The molecule has 0 saturated carbocycles. The zero-order valence-electron chi connectivity index (χ0n) is 29.6. The van der Waals surface area contributed by atoms with E-state index < -0.39 is 0 Å². The molecule has 0 fully saturated rings. The Balaban J connectivity index is 1.46. The van der Waals surface area contributed by atoms with Gasteiger partial charge in [-0.25, -0.2) is 9.97 Å². The molecule has 0 amide bonds. The number of nitriles is 2. The van der Waals surface area contributed by atoms with E-state index in [1.54, 1.807) is 0 Å². The first-order valence-electron chi connectivity index (χ1n) is 17.8. The van der Waals surface area contributed by atoms with Crippen molar-refractivity contribution in [1.82, 2.24) is 19.9 Å². The highest BCUT2D eigenvalue weighted by atomic mass is 14.8. The molecular weight excluding hydrogens is 661 g/mol. The Hall–Kier alpha value is -7.54. The summed E-state index contributed by atoms with van der Waals surface area (Å²) < 4.78 is 0. The summed E-state index contributed by atoms with van der Waals surface area (Å²) in [5.41, 5.74) is 18.2. The molecule has 0 aliphatic carbocycles. The van der Waals surface area contributed by atoms with Crippen LogP contribution in [0.2, 0.25) is 0 Å². The molecule has 3 aromatic heterocycles. The monoisotopic (exact) mass is 692 g/mol. The summed E-state index contributed by atoms with van der Waals surface area (Å²) in [6.45, 7) is 4.19. The third kappa shape index (κ3) is 5.79. The molecule has 2 aliphatic heterocycles. The van der Waals surface area contributed by atoms with Crippen molar-refractivity contribution in [1.29, 1.82) is 10.5 Å². The summed E-state index contributed by atoms with van der Waals surface area (Å²) in [6.07, 6.45) is 8.30. The van der Waals surface area contributed by atoms with Crippen LogP contribution in [0.4, 0.5) is 0 Å². The standard InChI is InChI=1S/C48H32N6/c1-29-3-11-33(12-4-29)45-37-19-20-38(51-37)46(34-13-5-30(2)6-14-34)40-22-24-42(53-40)48(36-17-9-32(28-50)10-18-36)44-26-25-43(54-44)47(41-23-21-39(45)52-41)35-15-7-31(27-49)8-16-35/h3-26,52-53H,1-2H3. The molecule has 0 atom stereocenters. The van der Waals surface area contributed by atoms with E-state index in [2.05, 4.69) is 121 Å². The van der Waals surface area contributed by atoms with Crippen molar-refractivity contribution >= 4 is 46.4 Å². The van der Waals surface area contributed by atoms with Crippen LogP contribution in [0.25, 0.3) is 90.9 Å². The van der Waals surface area contributed by atoms with Crippen LogP contribution < -0.4 is 0 Å². The molecule has 0 saturated heterocycles. The van der Waals surface area contributed by atoms with Crippen molar-refractivity contribution in [2.24, 2.45) is 0 Å². The summed E-state index contributed by atoms with van der Waals surface area (Å²) in [7, 11) is 0. The molecule has 2 aliphatic rings. The maximum Gasteiger partial charge on any atom is 0.0991 e. The Morgan fingerprint density at radius 1 is 0.370 bits per heavy atom. The number of hydrogen-bond acceptors (Lipinski definition) is 4. The van der Waals surface area contributed by atoms with Crippen LogP contribution in [0.5, 0.6) is 0 Å². The summed E-state index contributed by atoms with van der Waals surface area (Å²) in [6, 6.07) is 45.3. The highest BCUT2D eigenvalue weighted by molar-refractivity contribution is 5.99. The van der Waals surface area contributed by atoms with Crippen LogP contribution in [0.15, 0.2) is 121 Å². The first kappa shape index (κ1) is 32.4. The Bertz CT molecular complexity index is 2730. The van der Waals surface area contributed by atoms with E-state index >= 15 is 0 Å². The molecule has 0 unspecified atom stereocenters. The largest absolute Gasteiger partial charge is 0.354 e. The second-order valence-electron chi connectivity index (χ2n) is 13.6. The van der Waals surface area contributed by atoms with Gasteiger partial charge in [0.2, 0.25) is 0 Å². The number of fused-ring (bicyclic) bond motifs is 8. The fraction of sp³-hybridized carbons (Fsp3) is 0.0417. The number of rotatable bonds is 4. The maximum atomic E-state index is 9.58. The highest BCUT2D eigenvalue weighted by Crippen LogP contribution is 2.38. The highest BCUT2D eigenvalue weighted by Gasteiger charge is 2.19. The van der Waals surface area contributed by atoms with E-state index in [1.807, 2.05) is 60.7 Å². The minimum Gasteiger partial charge on any atom is -0.354 e. The van der Waals surface area contributed by atoms with E-state index in [0.29, 0.717) is 11.1 Å². The second kappa shape index (κ2) is 13.2. The molecule has 6 heteroatoms. The van der Waals surface area contributed by atoms with Gasteiger partial charge in [-0.15, -0.1) is 0 Å². The molecule has 254 valence electrons. The number of nitrogens with zero attached hydrogens (tertiary/aromatic N) is 4. The van der Waals surface area contributed by atoms with Gasteiger partial charge in [-0.1, -0.05) is 83.9 Å². The van der Waals surface area contributed by atoms with Crippen molar-refractivity contribution in [2.45, 2.75) is 13.8 Å². The van der Waals surface area contributed by atoms with Gasteiger partial charge in [0.15, 0.2) is 0 Å². The summed E-state index contributed by atoms with van der Waals surface area (Å²) in [5, 5.41) is 19.2. The molecule has 9 rings (SSSR count). The van der Waals surface area contributed by atoms with Crippen molar-refractivity contribution in [3.8, 4) is 56.6 Å². The molecule has 4 aromatic carbocycles. The third-order valence-electron chi connectivity index (χ3n) is 10.0.